The second kappa shape index (κ2) is 6.98. The SMILES string of the molecule is CCc1c(-c2ccc(N3C[C@H]4CC[C@H](N)[C@H]4C3)cc2)[nH]c(=O)c(C(=O)O)c1O. The van der Waals surface area contributed by atoms with Crippen LogP contribution in [0, 0.1) is 11.8 Å². The summed E-state index contributed by atoms with van der Waals surface area (Å²) in [5.74, 6) is -0.672. The van der Waals surface area contributed by atoms with Crippen molar-refractivity contribution < 1.29 is 15.0 Å². The van der Waals surface area contributed by atoms with E-state index < -0.39 is 22.8 Å². The number of fused-ring (bicyclic) bond motifs is 1. The first kappa shape index (κ1) is 18.6. The number of nitrogens with two attached hydrogens (primary N) is 1. The monoisotopic (exact) mass is 383 g/mol. The minimum absolute atomic E-state index is 0.294. The van der Waals surface area contributed by atoms with E-state index in [-0.39, 0.29) is 0 Å². The van der Waals surface area contributed by atoms with Gasteiger partial charge in [0.1, 0.15) is 5.75 Å². The van der Waals surface area contributed by atoms with Gasteiger partial charge >= 0.3 is 5.97 Å². The van der Waals surface area contributed by atoms with Crippen LogP contribution in [0.15, 0.2) is 29.1 Å². The summed E-state index contributed by atoms with van der Waals surface area (Å²) < 4.78 is 0. The van der Waals surface area contributed by atoms with E-state index in [0.717, 1.165) is 30.8 Å². The number of carbonyl (C=O) groups is 1. The van der Waals surface area contributed by atoms with Crippen LogP contribution >= 0.6 is 0 Å². The van der Waals surface area contributed by atoms with Gasteiger partial charge in [0.2, 0.25) is 0 Å². The average molecular weight is 383 g/mol. The van der Waals surface area contributed by atoms with Crippen LogP contribution in [0.25, 0.3) is 11.3 Å². The summed E-state index contributed by atoms with van der Waals surface area (Å²) >= 11 is 0. The molecule has 28 heavy (non-hydrogen) atoms. The largest absolute Gasteiger partial charge is 0.506 e. The number of H-pyrrole nitrogens is 1. The molecule has 1 saturated carbocycles. The molecule has 7 heteroatoms. The van der Waals surface area contributed by atoms with Crippen molar-refractivity contribution in [2.45, 2.75) is 32.2 Å². The Kier molecular flexibility index (Phi) is 4.63. The first-order valence-electron chi connectivity index (χ1n) is 9.73. The molecule has 1 aliphatic carbocycles. The van der Waals surface area contributed by atoms with Crippen LogP contribution in [0.3, 0.4) is 0 Å². The minimum atomic E-state index is -1.44. The number of nitrogens with zero attached hydrogens (tertiary/aromatic N) is 1. The predicted octanol–water partition coefficient (Wildman–Crippen LogP) is 2.18. The average Bonchev–Trinajstić information content (AvgIpc) is 3.23. The first-order valence-corrected chi connectivity index (χ1v) is 9.73. The van der Waals surface area contributed by atoms with Gasteiger partial charge in [0.25, 0.3) is 5.56 Å². The van der Waals surface area contributed by atoms with Crippen LogP contribution in [0.2, 0.25) is 0 Å². The van der Waals surface area contributed by atoms with Crippen LogP contribution in [-0.4, -0.2) is 40.3 Å². The summed E-state index contributed by atoms with van der Waals surface area (Å²) in [6.07, 6.45) is 2.70. The van der Waals surface area contributed by atoms with Gasteiger partial charge in [-0.05, 0) is 48.8 Å². The Labute approximate surface area is 162 Å². The van der Waals surface area contributed by atoms with Gasteiger partial charge in [0, 0.05) is 30.4 Å². The quantitative estimate of drug-likeness (QED) is 0.642. The zero-order valence-corrected chi connectivity index (χ0v) is 15.8. The number of rotatable bonds is 4. The van der Waals surface area contributed by atoms with Crippen molar-refractivity contribution >= 4 is 11.7 Å². The third kappa shape index (κ3) is 2.96. The highest BCUT2D eigenvalue weighted by Gasteiger charge is 2.40. The lowest BCUT2D eigenvalue weighted by Crippen LogP contribution is -2.30. The molecule has 3 atom stereocenters. The number of carboxylic acids is 1. The summed E-state index contributed by atoms with van der Waals surface area (Å²) in [4.78, 5) is 28.4. The molecule has 1 aromatic heterocycles. The van der Waals surface area contributed by atoms with E-state index in [0.29, 0.717) is 35.6 Å². The van der Waals surface area contributed by atoms with Crippen LogP contribution in [0.4, 0.5) is 5.69 Å². The van der Waals surface area contributed by atoms with Crippen molar-refractivity contribution in [1.29, 1.82) is 0 Å². The van der Waals surface area contributed by atoms with Gasteiger partial charge in [-0.15, -0.1) is 0 Å². The summed E-state index contributed by atoms with van der Waals surface area (Å²) in [7, 11) is 0. The molecule has 0 unspecified atom stereocenters. The highest BCUT2D eigenvalue weighted by Crippen LogP contribution is 2.39. The van der Waals surface area contributed by atoms with E-state index in [2.05, 4.69) is 9.88 Å². The van der Waals surface area contributed by atoms with Crippen molar-refractivity contribution in [3.8, 4) is 17.0 Å². The molecule has 2 aliphatic rings. The second-order valence-electron chi connectivity index (χ2n) is 7.81. The number of anilines is 1. The molecule has 1 aliphatic heterocycles. The van der Waals surface area contributed by atoms with Crippen LogP contribution in [0.5, 0.6) is 5.75 Å². The summed E-state index contributed by atoms with van der Waals surface area (Å²) in [6, 6.07) is 8.09. The maximum atomic E-state index is 12.1. The fourth-order valence-corrected chi connectivity index (χ4v) is 4.77. The Morgan fingerprint density at radius 2 is 1.96 bits per heavy atom. The smallest absolute Gasteiger partial charge is 0.345 e. The molecular formula is C21H25N3O4. The molecule has 2 aromatic rings. The van der Waals surface area contributed by atoms with E-state index in [1.165, 1.54) is 6.42 Å². The molecule has 1 aromatic carbocycles. The molecule has 4 rings (SSSR count). The predicted molar refractivity (Wildman–Crippen MR) is 107 cm³/mol. The molecule has 1 saturated heterocycles. The Balaban J connectivity index is 1.65. The Morgan fingerprint density at radius 1 is 1.25 bits per heavy atom. The highest BCUT2D eigenvalue weighted by molar-refractivity contribution is 5.92. The van der Waals surface area contributed by atoms with Gasteiger partial charge < -0.3 is 25.8 Å². The number of aromatic carboxylic acids is 1. The van der Waals surface area contributed by atoms with E-state index in [9.17, 15) is 19.8 Å². The fraction of sp³-hybridized carbons (Fsp3) is 0.429. The van der Waals surface area contributed by atoms with E-state index in [1.54, 1.807) is 0 Å². The number of aromatic nitrogens is 1. The minimum Gasteiger partial charge on any atom is -0.506 e. The van der Waals surface area contributed by atoms with E-state index in [4.69, 9.17) is 5.73 Å². The maximum Gasteiger partial charge on any atom is 0.345 e. The molecule has 148 valence electrons. The van der Waals surface area contributed by atoms with Crippen LogP contribution < -0.4 is 16.2 Å². The lowest BCUT2D eigenvalue weighted by Gasteiger charge is -2.21. The maximum absolute atomic E-state index is 12.1. The third-order valence-electron chi connectivity index (χ3n) is 6.29. The first-order chi connectivity index (χ1) is 13.4. The topological polar surface area (TPSA) is 120 Å². The van der Waals surface area contributed by atoms with Crippen molar-refractivity contribution in [3.63, 3.8) is 0 Å². The van der Waals surface area contributed by atoms with Gasteiger partial charge in [-0.25, -0.2) is 4.79 Å². The lowest BCUT2D eigenvalue weighted by atomic mass is 9.98. The van der Waals surface area contributed by atoms with Crippen molar-refractivity contribution in [1.82, 2.24) is 4.98 Å². The van der Waals surface area contributed by atoms with Crippen molar-refractivity contribution in [2.24, 2.45) is 17.6 Å². The van der Waals surface area contributed by atoms with Crippen LogP contribution in [0.1, 0.15) is 35.7 Å². The molecule has 7 nitrogen and oxygen atoms in total. The highest BCUT2D eigenvalue weighted by atomic mass is 16.4. The van der Waals surface area contributed by atoms with Crippen molar-refractivity contribution in [3.05, 3.63) is 45.7 Å². The number of benzene rings is 1. The number of carboxylic acid groups (broad SMARTS) is 1. The van der Waals surface area contributed by atoms with Gasteiger partial charge in [-0.3, -0.25) is 4.79 Å². The van der Waals surface area contributed by atoms with E-state index >= 15 is 0 Å². The molecule has 2 heterocycles. The Bertz CT molecular complexity index is 967. The summed E-state index contributed by atoms with van der Waals surface area (Å²) in [5.41, 5.74) is 7.54. The molecule has 0 spiro atoms. The fourth-order valence-electron chi connectivity index (χ4n) is 4.77. The lowest BCUT2D eigenvalue weighted by molar-refractivity contribution is 0.0691. The van der Waals surface area contributed by atoms with Gasteiger partial charge in [-0.1, -0.05) is 19.1 Å². The molecular weight excluding hydrogens is 358 g/mol. The van der Waals surface area contributed by atoms with Gasteiger partial charge in [0.15, 0.2) is 5.56 Å². The zero-order chi connectivity index (χ0) is 20.0. The van der Waals surface area contributed by atoms with Crippen LogP contribution in [-0.2, 0) is 6.42 Å². The number of aromatic hydroxyl groups is 1. The summed E-state index contributed by atoms with van der Waals surface area (Å²) in [5, 5.41) is 19.5. The zero-order valence-electron chi connectivity index (χ0n) is 15.8. The second-order valence-corrected chi connectivity index (χ2v) is 7.81. The number of hydrogen-bond acceptors (Lipinski definition) is 5. The van der Waals surface area contributed by atoms with Gasteiger partial charge in [0.05, 0.1) is 5.69 Å². The number of hydrogen-bond donors (Lipinski definition) is 4. The number of pyridine rings is 1. The van der Waals surface area contributed by atoms with Crippen molar-refractivity contribution in [2.75, 3.05) is 18.0 Å². The molecule has 5 N–H and O–H groups in total. The van der Waals surface area contributed by atoms with E-state index in [1.807, 2.05) is 31.2 Å². The molecule has 0 bridgehead atoms. The standard InChI is InChI=1S/C21H25N3O4/c1-2-14-18(23-20(26)17(19(14)25)21(27)28)11-3-6-13(7-4-11)24-9-12-5-8-16(22)15(12)10-24/h3-4,6-7,12,15-16H,2,5,8-10,22H2,1H3,(H,27,28)(H2,23,25,26)/t12-,15+,16+/m1/s1. The molecule has 0 amide bonds. The summed E-state index contributed by atoms with van der Waals surface area (Å²) in [6.45, 7) is 3.79. The molecule has 2 fully saturated rings. The molecule has 0 radical (unpaired) electrons. The van der Waals surface area contributed by atoms with Gasteiger partial charge in [-0.2, -0.15) is 0 Å². The third-order valence-corrected chi connectivity index (χ3v) is 6.29. The Hall–Kier alpha value is -2.80. The normalized spacial score (nSPS) is 23.8. The number of aromatic amines is 1. The number of nitrogens with one attached hydrogen (secondary N) is 1. The Morgan fingerprint density at radius 3 is 2.57 bits per heavy atom.